The maximum Gasteiger partial charge on any atom is 0.142 e. The molecule has 0 heterocycles. The summed E-state index contributed by atoms with van der Waals surface area (Å²) in [7, 11) is 0. The van der Waals surface area contributed by atoms with Gasteiger partial charge in [0, 0.05) is 5.56 Å². The molecule has 0 saturated heterocycles. The first-order chi connectivity index (χ1) is 13.1. The summed E-state index contributed by atoms with van der Waals surface area (Å²) in [4.78, 5) is 0. The lowest BCUT2D eigenvalue weighted by Crippen LogP contribution is -1.95. The van der Waals surface area contributed by atoms with Crippen LogP contribution < -0.4 is 0 Å². The molecule has 0 aliphatic carbocycles. The fourth-order valence-electron chi connectivity index (χ4n) is 2.90. The molecule has 0 aliphatic heterocycles. The molecule has 0 aromatic heterocycles. The first-order valence-electron chi connectivity index (χ1n) is 9.24. The van der Waals surface area contributed by atoms with E-state index < -0.39 is 11.6 Å². The van der Waals surface area contributed by atoms with E-state index in [0.29, 0.717) is 12.0 Å². The van der Waals surface area contributed by atoms with Gasteiger partial charge in [-0.2, -0.15) is 0 Å². The quantitative estimate of drug-likeness (QED) is 0.455. The van der Waals surface area contributed by atoms with Gasteiger partial charge in [0.2, 0.25) is 0 Å². The fraction of sp³-hybridized carbons (Fsp3) is 0.200. The third kappa shape index (κ3) is 4.83. The number of hydrogen-bond acceptors (Lipinski definition) is 0. The van der Waals surface area contributed by atoms with Crippen LogP contribution in [0.4, 0.5) is 8.78 Å². The van der Waals surface area contributed by atoms with Crippen LogP contribution in [0.3, 0.4) is 0 Å². The topological polar surface area (TPSA) is 0 Å². The van der Waals surface area contributed by atoms with Crippen molar-refractivity contribution in [2.24, 2.45) is 0 Å². The molecule has 2 heteroatoms. The van der Waals surface area contributed by atoms with Crippen LogP contribution in [0, 0.1) is 30.4 Å². The van der Waals surface area contributed by atoms with Gasteiger partial charge in [-0.25, -0.2) is 8.78 Å². The van der Waals surface area contributed by atoms with Crippen molar-refractivity contribution in [2.75, 3.05) is 0 Å². The number of aryl methyl sites for hydroxylation is 2. The Balaban J connectivity index is 1.80. The van der Waals surface area contributed by atoms with Gasteiger partial charge in [0.05, 0.1) is 5.56 Å². The second-order valence-electron chi connectivity index (χ2n) is 6.73. The van der Waals surface area contributed by atoms with Crippen molar-refractivity contribution >= 4 is 0 Å². The van der Waals surface area contributed by atoms with Crippen molar-refractivity contribution in [3.05, 3.63) is 94.6 Å². The average molecular weight is 360 g/mol. The first-order valence-corrected chi connectivity index (χ1v) is 9.24. The number of unbranched alkanes of at least 4 members (excludes halogenated alkanes) is 1. The minimum Gasteiger partial charge on any atom is -0.206 e. The Kier molecular flexibility index (Phi) is 6.04. The maximum atomic E-state index is 14.2. The van der Waals surface area contributed by atoms with Gasteiger partial charge in [0.15, 0.2) is 0 Å². The van der Waals surface area contributed by atoms with Crippen molar-refractivity contribution < 1.29 is 8.78 Å². The Morgan fingerprint density at radius 1 is 0.778 bits per heavy atom. The van der Waals surface area contributed by atoms with E-state index in [9.17, 15) is 8.78 Å². The molecule has 0 saturated carbocycles. The molecule has 27 heavy (non-hydrogen) atoms. The molecule has 136 valence electrons. The van der Waals surface area contributed by atoms with Crippen molar-refractivity contribution in [3.8, 4) is 23.0 Å². The lowest BCUT2D eigenvalue weighted by atomic mass is 10.0. The Hall–Kier alpha value is -2.92. The molecule has 0 N–H and O–H groups in total. The molecule has 3 aromatic carbocycles. The van der Waals surface area contributed by atoms with Gasteiger partial charge in [-0.1, -0.05) is 67.1 Å². The molecule has 3 aromatic rings. The summed E-state index contributed by atoms with van der Waals surface area (Å²) in [5.74, 6) is 4.33. The molecule has 3 rings (SSSR count). The van der Waals surface area contributed by atoms with Gasteiger partial charge in [-0.3, -0.25) is 0 Å². The summed E-state index contributed by atoms with van der Waals surface area (Å²) in [5, 5.41) is 0. The van der Waals surface area contributed by atoms with Gasteiger partial charge in [-0.15, -0.1) is 0 Å². The van der Waals surface area contributed by atoms with E-state index in [1.54, 1.807) is 0 Å². The van der Waals surface area contributed by atoms with Crippen molar-refractivity contribution in [3.63, 3.8) is 0 Å². The van der Waals surface area contributed by atoms with Crippen LogP contribution in [0.2, 0.25) is 0 Å². The maximum absolute atomic E-state index is 14.2. The zero-order chi connectivity index (χ0) is 19.2. The molecule has 0 aliphatic rings. The van der Waals surface area contributed by atoms with Crippen LogP contribution >= 0.6 is 0 Å². The number of hydrogen-bond donors (Lipinski definition) is 0. The summed E-state index contributed by atoms with van der Waals surface area (Å²) in [6.07, 6.45) is 2.58. The van der Waals surface area contributed by atoms with Gasteiger partial charge >= 0.3 is 0 Å². The third-order valence-corrected chi connectivity index (χ3v) is 4.52. The highest BCUT2D eigenvalue weighted by atomic mass is 19.1. The van der Waals surface area contributed by atoms with Crippen LogP contribution in [0.15, 0.2) is 60.7 Å². The Labute approximate surface area is 159 Å². The monoisotopic (exact) mass is 360 g/mol. The van der Waals surface area contributed by atoms with Crippen LogP contribution in [-0.4, -0.2) is 0 Å². The minimum absolute atomic E-state index is 0.169. The Bertz CT molecular complexity index is 949. The highest BCUT2D eigenvalue weighted by molar-refractivity contribution is 5.64. The van der Waals surface area contributed by atoms with Crippen LogP contribution in [0.25, 0.3) is 11.1 Å². The Morgan fingerprint density at radius 3 is 1.89 bits per heavy atom. The summed E-state index contributed by atoms with van der Waals surface area (Å²) >= 11 is 0. The van der Waals surface area contributed by atoms with Crippen molar-refractivity contribution in [1.82, 2.24) is 0 Å². The minimum atomic E-state index is -0.593. The van der Waals surface area contributed by atoms with Gasteiger partial charge in [0.1, 0.15) is 11.6 Å². The van der Waals surface area contributed by atoms with Crippen LogP contribution in [0.5, 0.6) is 0 Å². The molecule has 0 radical (unpaired) electrons. The molecule has 0 bridgehead atoms. The lowest BCUT2D eigenvalue weighted by molar-refractivity contribution is 0.572. The SMILES string of the molecule is CCCCc1cc(F)c(C#Cc2ccc(-c3ccc(C)cc3)cc2)c(F)c1. The summed E-state index contributed by atoms with van der Waals surface area (Å²) < 4.78 is 28.4. The molecule has 0 atom stereocenters. The highest BCUT2D eigenvalue weighted by Crippen LogP contribution is 2.20. The van der Waals surface area contributed by atoms with Crippen LogP contribution in [0.1, 0.15) is 42.0 Å². The molecule has 0 nitrogen and oxygen atoms in total. The van der Waals surface area contributed by atoms with E-state index in [1.165, 1.54) is 17.7 Å². The molecule has 0 unspecified atom stereocenters. The van der Waals surface area contributed by atoms with E-state index in [2.05, 4.69) is 50.0 Å². The normalized spacial score (nSPS) is 10.4. The summed E-state index contributed by atoms with van der Waals surface area (Å²) in [6.45, 7) is 4.10. The molecular formula is C25H22F2. The van der Waals surface area contributed by atoms with Gasteiger partial charge in [0.25, 0.3) is 0 Å². The van der Waals surface area contributed by atoms with Crippen molar-refractivity contribution in [1.29, 1.82) is 0 Å². The van der Waals surface area contributed by atoms with Crippen LogP contribution in [-0.2, 0) is 6.42 Å². The highest BCUT2D eigenvalue weighted by Gasteiger charge is 2.09. The number of rotatable bonds is 4. The lowest BCUT2D eigenvalue weighted by Gasteiger charge is -2.04. The fourth-order valence-corrected chi connectivity index (χ4v) is 2.90. The second-order valence-corrected chi connectivity index (χ2v) is 6.73. The largest absolute Gasteiger partial charge is 0.206 e. The molecular weight excluding hydrogens is 338 g/mol. The standard InChI is InChI=1S/C25H22F2/c1-3-4-5-20-16-24(26)23(25(27)17-20)15-10-19-8-13-22(14-9-19)21-11-6-18(2)7-12-21/h6-9,11-14,16-17H,3-5H2,1-2H3. The average Bonchev–Trinajstić information content (AvgIpc) is 2.67. The zero-order valence-corrected chi connectivity index (χ0v) is 15.7. The first kappa shape index (κ1) is 18.9. The number of halogens is 2. The summed E-state index contributed by atoms with van der Waals surface area (Å²) in [6, 6.07) is 18.7. The molecule has 0 fully saturated rings. The smallest absolute Gasteiger partial charge is 0.142 e. The van der Waals surface area contributed by atoms with E-state index >= 15 is 0 Å². The molecule has 0 spiro atoms. The Morgan fingerprint density at radius 2 is 1.33 bits per heavy atom. The predicted octanol–water partition coefficient (Wildman–Crippen LogP) is 6.68. The predicted molar refractivity (Wildman–Crippen MR) is 108 cm³/mol. The van der Waals surface area contributed by atoms with Crippen molar-refractivity contribution in [2.45, 2.75) is 33.1 Å². The summed E-state index contributed by atoms with van der Waals surface area (Å²) in [5.41, 5.74) is 4.65. The third-order valence-electron chi connectivity index (χ3n) is 4.52. The number of benzene rings is 3. The van der Waals surface area contributed by atoms with E-state index in [0.717, 1.165) is 29.5 Å². The van der Waals surface area contributed by atoms with E-state index in [-0.39, 0.29) is 5.56 Å². The zero-order valence-electron chi connectivity index (χ0n) is 15.7. The van der Waals surface area contributed by atoms with Gasteiger partial charge < -0.3 is 0 Å². The van der Waals surface area contributed by atoms with Gasteiger partial charge in [-0.05, 0) is 60.7 Å². The van der Waals surface area contributed by atoms with E-state index in [4.69, 9.17) is 0 Å². The van der Waals surface area contributed by atoms with E-state index in [1.807, 2.05) is 24.3 Å². The second kappa shape index (κ2) is 8.64. The molecule has 0 amide bonds.